The van der Waals surface area contributed by atoms with E-state index in [0.29, 0.717) is 12.6 Å². The SMILES string of the molecule is CC(c1cccs1)N(C)CCC1CS(=O)(=O)CCN1. The molecule has 1 fully saturated rings. The molecule has 1 aliphatic rings. The van der Waals surface area contributed by atoms with Crippen LogP contribution in [-0.2, 0) is 9.84 Å². The molecule has 2 rings (SSSR count). The fraction of sp³-hybridized carbons (Fsp3) is 0.692. The van der Waals surface area contributed by atoms with Crippen LogP contribution in [0, 0.1) is 0 Å². The first-order valence-electron chi connectivity index (χ1n) is 6.65. The predicted octanol–water partition coefficient (Wildman–Crippen LogP) is 1.52. The Hall–Kier alpha value is -0.430. The number of thiophene rings is 1. The molecule has 1 aromatic heterocycles. The molecule has 0 aromatic carbocycles. The molecule has 1 aromatic rings. The van der Waals surface area contributed by atoms with Crippen molar-refractivity contribution in [2.24, 2.45) is 0 Å². The van der Waals surface area contributed by atoms with Gasteiger partial charge in [-0.05, 0) is 38.4 Å². The molecular weight excluding hydrogens is 280 g/mol. The second-order valence-corrected chi connectivity index (χ2v) is 8.43. The van der Waals surface area contributed by atoms with Gasteiger partial charge in [0, 0.05) is 23.5 Å². The lowest BCUT2D eigenvalue weighted by Crippen LogP contribution is -2.46. The zero-order valence-corrected chi connectivity index (χ0v) is 13.1. The van der Waals surface area contributed by atoms with E-state index in [9.17, 15) is 8.42 Å². The van der Waals surface area contributed by atoms with E-state index in [1.54, 1.807) is 11.3 Å². The van der Waals surface area contributed by atoms with Gasteiger partial charge in [0.05, 0.1) is 11.5 Å². The van der Waals surface area contributed by atoms with Crippen LogP contribution in [0.1, 0.15) is 24.3 Å². The van der Waals surface area contributed by atoms with Crippen molar-refractivity contribution in [2.75, 3.05) is 31.6 Å². The van der Waals surface area contributed by atoms with Gasteiger partial charge in [-0.2, -0.15) is 0 Å². The van der Waals surface area contributed by atoms with Crippen LogP contribution < -0.4 is 5.32 Å². The fourth-order valence-electron chi connectivity index (χ4n) is 2.35. The van der Waals surface area contributed by atoms with E-state index in [4.69, 9.17) is 0 Å². The zero-order valence-electron chi connectivity index (χ0n) is 11.5. The standard InChI is InChI=1S/C13H22N2O2S2/c1-11(13-4-3-8-18-13)15(2)7-5-12-10-19(16,17)9-6-14-12/h3-4,8,11-12,14H,5-7,9-10H2,1-2H3. The summed E-state index contributed by atoms with van der Waals surface area (Å²) in [6.45, 7) is 3.69. The Morgan fingerprint density at radius 2 is 2.37 bits per heavy atom. The van der Waals surface area contributed by atoms with Crippen LogP contribution in [0.2, 0.25) is 0 Å². The van der Waals surface area contributed by atoms with Crippen LogP contribution in [-0.4, -0.2) is 51.0 Å². The molecule has 0 bridgehead atoms. The Morgan fingerprint density at radius 1 is 1.58 bits per heavy atom. The third-order valence-electron chi connectivity index (χ3n) is 3.75. The highest BCUT2D eigenvalue weighted by Crippen LogP contribution is 2.23. The lowest BCUT2D eigenvalue weighted by molar-refractivity contribution is 0.250. The Balaban J connectivity index is 1.82. The van der Waals surface area contributed by atoms with Crippen molar-refractivity contribution in [1.29, 1.82) is 0 Å². The lowest BCUT2D eigenvalue weighted by atomic mass is 10.2. The molecule has 1 aliphatic heterocycles. The molecule has 1 N–H and O–H groups in total. The van der Waals surface area contributed by atoms with Crippen LogP contribution >= 0.6 is 11.3 Å². The summed E-state index contributed by atoms with van der Waals surface area (Å²) in [5.41, 5.74) is 0. The van der Waals surface area contributed by atoms with Crippen LogP contribution in [0.4, 0.5) is 0 Å². The second kappa shape index (κ2) is 6.35. The molecule has 2 heterocycles. The van der Waals surface area contributed by atoms with Gasteiger partial charge in [0.2, 0.25) is 0 Å². The van der Waals surface area contributed by atoms with Crippen molar-refractivity contribution in [2.45, 2.75) is 25.4 Å². The molecule has 0 saturated carbocycles. The molecule has 6 heteroatoms. The predicted molar refractivity (Wildman–Crippen MR) is 80.4 cm³/mol. The molecule has 0 aliphatic carbocycles. The monoisotopic (exact) mass is 302 g/mol. The van der Waals surface area contributed by atoms with Gasteiger partial charge >= 0.3 is 0 Å². The van der Waals surface area contributed by atoms with Crippen LogP contribution in [0.3, 0.4) is 0 Å². The van der Waals surface area contributed by atoms with Gasteiger partial charge in [0.25, 0.3) is 0 Å². The van der Waals surface area contributed by atoms with E-state index >= 15 is 0 Å². The lowest BCUT2D eigenvalue weighted by Gasteiger charge is -2.28. The van der Waals surface area contributed by atoms with Crippen LogP contribution in [0.15, 0.2) is 17.5 Å². The Morgan fingerprint density at radius 3 is 3.00 bits per heavy atom. The van der Waals surface area contributed by atoms with Crippen LogP contribution in [0.25, 0.3) is 0 Å². The summed E-state index contributed by atoms with van der Waals surface area (Å²) in [7, 11) is -0.723. The van der Waals surface area contributed by atoms with Gasteiger partial charge in [0.15, 0.2) is 9.84 Å². The first kappa shape index (κ1) is 15.0. The Kier molecular flexibility index (Phi) is 5.00. The first-order chi connectivity index (χ1) is 8.98. The van der Waals surface area contributed by atoms with Gasteiger partial charge in [0.1, 0.15) is 0 Å². The van der Waals surface area contributed by atoms with Crippen LogP contribution in [0.5, 0.6) is 0 Å². The highest BCUT2D eigenvalue weighted by atomic mass is 32.2. The summed E-state index contributed by atoms with van der Waals surface area (Å²) in [5.74, 6) is 0.569. The van der Waals surface area contributed by atoms with Crippen molar-refractivity contribution in [3.05, 3.63) is 22.4 Å². The molecular formula is C13H22N2O2S2. The minimum Gasteiger partial charge on any atom is -0.312 e. The van der Waals surface area contributed by atoms with Crippen molar-refractivity contribution in [3.63, 3.8) is 0 Å². The average Bonchev–Trinajstić information content (AvgIpc) is 2.87. The van der Waals surface area contributed by atoms with Gasteiger partial charge in [-0.25, -0.2) is 8.42 Å². The van der Waals surface area contributed by atoms with Gasteiger partial charge in [-0.1, -0.05) is 6.07 Å². The van der Waals surface area contributed by atoms with Crippen molar-refractivity contribution in [1.82, 2.24) is 10.2 Å². The molecule has 108 valence electrons. The molecule has 19 heavy (non-hydrogen) atoms. The quantitative estimate of drug-likeness (QED) is 0.896. The number of nitrogens with one attached hydrogen (secondary N) is 1. The number of rotatable bonds is 5. The number of hydrogen-bond acceptors (Lipinski definition) is 5. The summed E-state index contributed by atoms with van der Waals surface area (Å²) < 4.78 is 23.1. The second-order valence-electron chi connectivity index (χ2n) is 5.23. The molecule has 0 amide bonds. The maximum absolute atomic E-state index is 11.6. The molecule has 1 saturated heterocycles. The molecule has 2 atom stereocenters. The van der Waals surface area contributed by atoms with E-state index in [1.807, 2.05) is 0 Å². The minimum atomic E-state index is -2.82. The summed E-state index contributed by atoms with van der Waals surface area (Å²) in [4.78, 5) is 3.64. The van der Waals surface area contributed by atoms with E-state index in [-0.39, 0.29) is 17.5 Å². The topological polar surface area (TPSA) is 49.4 Å². The van der Waals surface area contributed by atoms with Crippen molar-refractivity contribution in [3.8, 4) is 0 Å². The van der Waals surface area contributed by atoms with Crippen molar-refractivity contribution < 1.29 is 8.42 Å². The third kappa shape index (κ3) is 4.27. The fourth-order valence-corrected chi connectivity index (χ4v) is 4.69. The number of sulfone groups is 1. The average molecular weight is 302 g/mol. The molecule has 0 spiro atoms. The Bertz CT molecular complexity index is 485. The van der Waals surface area contributed by atoms with Gasteiger partial charge < -0.3 is 5.32 Å². The van der Waals surface area contributed by atoms with Gasteiger partial charge in [-0.3, -0.25) is 4.90 Å². The normalized spacial score (nSPS) is 24.5. The number of hydrogen-bond donors (Lipinski definition) is 1. The summed E-state index contributed by atoms with van der Waals surface area (Å²) in [6, 6.07) is 4.71. The molecule has 2 unspecified atom stereocenters. The number of nitrogens with zero attached hydrogens (tertiary/aromatic N) is 1. The summed E-state index contributed by atoms with van der Waals surface area (Å²) in [5, 5.41) is 5.39. The van der Waals surface area contributed by atoms with E-state index in [1.165, 1.54) is 4.88 Å². The zero-order chi connectivity index (χ0) is 13.9. The summed E-state index contributed by atoms with van der Waals surface area (Å²) in [6.07, 6.45) is 0.880. The third-order valence-corrected chi connectivity index (χ3v) is 6.53. The highest BCUT2D eigenvalue weighted by molar-refractivity contribution is 7.91. The molecule has 0 radical (unpaired) electrons. The highest BCUT2D eigenvalue weighted by Gasteiger charge is 2.24. The van der Waals surface area contributed by atoms with E-state index < -0.39 is 9.84 Å². The largest absolute Gasteiger partial charge is 0.312 e. The first-order valence-corrected chi connectivity index (χ1v) is 9.35. The smallest absolute Gasteiger partial charge is 0.153 e. The Labute approximate surface area is 119 Å². The van der Waals surface area contributed by atoms with E-state index in [2.05, 4.69) is 41.7 Å². The van der Waals surface area contributed by atoms with Crippen molar-refractivity contribution >= 4 is 21.2 Å². The summed E-state index contributed by atoms with van der Waals surface area (Å²) >= 11 is 1.77. The van der Waals surface area contributed by atoms with E-state index in [0.717, 1.165) is 13.0 Å². The maximum Gasteiger partial charge on any atom is 0.153 e. The minimum absolute atomic E-state index is 0.108. The molecule has 4 nitrogen and oxygen atoms in total. The maximum atomic E-state index is 11.6. The van der Waals surface area contributed by atoms with Gasteiger partial charge in [-0.15, -0.1) is 11.3 Å².